The molecule has 2 aliphatic rings. The molecule has 2 N–H and O–H groups in total. The van der Waals surface area contributed by atoms with Gasteiger partial charge in [-0.25, -0.2) is 21.6 Å². The molecule has 0 bridgehead atoms. The number of rotatable bonds is 8. The minimum absolute atomic E-state index is 0.0262. The van der Waals surface area contributed by atoms with Gasteiger partial charge in [-0.05, 0) is 50.5 Å². The van der Waals surface area contributed by atoms with Crippen LogP contribution in [0.5, 0.6) is 0 Å². The average Bonchev–Trinajstić information content (AvgIpc) is 3.30. The SMILES string of the molecule is CCC(C)NC(=O)C1CSCN1S(=O)(=O)c1ccc(S(=O)(=O)NC2CC2)cc1. The molecule has 0 aromatic heterocycles. The van der Waals surface area contributed by atoms with E-state index >= 15 is 0 Å². The van der Waals surface area contributed by atoms with Gasteiger partial charge in [-0.2, -0.15) is 4.31 Å². The fourth-order valence-electron chi connectivity index (χ4n) is 2.73. The van der Waals surface area contributed by atoms with Crippen LogP contribution in [0, 0.1) is 0 Å². The fourth-order valence-corrected chi connectivity index (χ4v) is 7.18. The summed E-state index contributed by atoms with van der Waals surface area (Å²) in [5.41, 5.74) is 0. The number of hydrogen-bond acceptors (Lipinski definition) is 6. The summed E-state index contributed by atoms with van der Waals surface area (Å²) < 4.78 is 54.3. The molecule has 2 fully saturated rings. The molecule has 1 aliphatic heterocycles. The largest absolute Gasteiger partial charge is 0.352 e. The Morgan fingerprint density at radius 2 is 1.79 bits per heavy atom. The quantitative estimate of drug-likeness (QED) is 0.617. The summed E-state index contributed by atoms with van der Waals surface area (Å²) >= 11 is 1.38. The third-order valence-corrected chi connectivity index (χ3v) is 9.37. The molecule has 156 valence electrons. The summed E-state index contributed by atoms with van der Waals surface area (Å²) in [6.07, 6.45) is 2.39. The number of amides is 1. The van der Waals surface area contributed by atoms with Gasteiger partial charge < -0.3 is 5.32 Å². The van der Waals surface area contributed by atoms with Gasteiger partial charge in [0.2, 0.25) is 26.0 Å². The zero-order valence-electron chi connectivity index (χ0n) is 15.8. The molecular weight excluding hydrogens is 422 g/mol. The number of benzene rings is 1. The van der Waals surface area contributed by atoms with E-state index in [1.54, 1.807) is 0 Å². The van der Waals surface area contributed by atoms with Crippen LogP contribution in [-0.2, 0) is 24.8 Å². The number of carbonyl (C=O) groups is 1. The van der Waals surface area contributed by atoms with Gasteiger partial charge in [0.15, 0.2) is 0 Å². The number of nitrogens with one attached hydrogen (secondary N) is 2. The molecule has 1 saturated heterocycles. The first-order valence-corrected chi connectivity index (χ1v) is 13.3. The Morgan fingerprint density at radius 1 is 1.18 bits per heavy atom. The van der Waals surface area contributed by atoms with Gasteiger partial charge in [0.25, 0.3) is 0 Å². The van der Waals surface area contributed by atoms with Crippen LogP contribution in [0.4, 0.5) is 0 Å². The highest BCUT2D eigenvalue weighted by Crippen LogP contribution is 2.29. The maximum atomic E-state index is 13.0. The third kappa shape index (κ3) is 4.70. The molecule has 1 amide bonds. The molecule has 1 aromatic carbocycles. The Hall–Kier alpha value is -1.14. The summed E-state index contributed by atoms with van der Waals surface area (Å²) in [5.74, 6) is 0.263. The van der Waals surface area contributed by atoms with Crippen LogP contribution in [0.3, 0.4) is 0 Å². The second-order valence-corrected chi connectivity index (χ2v) is 11.7. The van der Waals surface area contributed by atoms with Crippen molar-refractivity contribution in [2.45, 2.75) is 61.0 Å². The summed E-state index contributed by atoms with van der Waals surface area (Å²) in [7, 11) is -7.56. The number of nitrogens with zero attached hydrogens (tertiary/aromatic N) is 1. The topological polar surface area (TPSA) is 113 Å². The van der Waals surface area contributed by atoms with Gasteiger partial charge in [0.1, 0.15) is 6.04 Å². The number of sulfonamides is 2. The van der Waals surface area contributed by atoms with Crippen LogP contribution in [0.2, 0.25) is 0 Å². The number of thioether (sulfide) groups is 1. The van der Waals surface area contributed by atoms with Crippen LogP contribution in [-0.4, -0.2) is 56.8 Å². The van der Waals surface area contributed by atoms with Crippen LogP contribution in [0.15, 0.2) is 34.1 Å². The Morgan fingerprint density at radius 3 is 2.36 bits per heavy atom. The summed E-state index contributed by atoms with van der Waals surface area (Å²) in [4.78, 5) is 12.5. The predicted octanol–water partition coefficient (Wildman–Crippen LogP) is 1.11. The second-order valence-electron chi connectivity index (χ2n) is 7.09. The molecule has 28 heavy (non-hydrogen) atoms. The standard InChI is InChI=1S/C17H25N3O5S3/c1-3-12(2)18-17(21)16-10-26-11-20(16)28(24,25)15-8-6-14(7-9-15)27(22,23)19-13-4-5-13/h6-9,12-13,16,19H,3-5,10-11H2,1-2H3,(H,18,21). The van der Waals surface area contributed by atoms with E-state index in [0.29, 0.717) is 5.75 Å². The fraction of sp³-hybridized carbons (Fsp3) is 0.588. The van der Waals surface area contributed by atoms with Crippen molar-refractivity contribution in [1.29, 1.82) is 0 Å². The van der Waals surface area contributed by atoms with Gasteiger partial charge in [-0.1, -0.05) is 6.92 Å². The minimum Gasteiger partial charge on any atom is -0.352 e. The lowest BCUT2D eigenvalue weighted by atomic mass is 10.2. The average molecular weight is 448 g/mol. The summed E-state index contributed by atoms with van der Waals surface area (Å²) in [6.45, 7) is 3.81. The van der Waals surface area contributed by atoms with Crippen molar-refractivity contribution in [3.63, 3.8) is 0 Å². The van der Waals surface area contributed by atoms with E-state index in [0.717, 1.165) is 19.3 Å². The summed E-state index contributed by atoms with van der Waals surface area (Å²) in [6, 6.07) is 4.30. The van der Waals surface area contributed by atoms with E-state index in [9.17, 15) is 21.6 Å². The van der Waals surface area contributed by atoms with Crippen LogP contribution >= 0.6 is 11.8 Å². The van der Waals surface area contributed by atoms with E-state index in [4.69, 9.17) is 0 Å². The Labute approximate surface area is 170 Å². The second kappa shape index (κ2) is 8.31. The Kier molecular flexibility index (Phi) is 6.40. The molecule has 11 heteroatoms. The lowest BCUT2D eigenvalue weighted by molar-refractivity contribution is -0.124. The van der Waals surface area contributed by atoms with Gasteiger partial charge in [0, 0.05) is 17.8 Å². The normalized spacial score (nSPS) is 22.1. The van der Waals surface area contributed by atoms with Crippen molar-refractivity contribution in [3.8, 4) is 0 Å². The molecule has 1 heterocycles. The molecule has 8 nitrogen and oxygen atoms in total. The molecule has 0 spiro atoms. The molecule has 2 atom stereocenters. The molecule has 3 rings (SSSR count). The molecule has 1 saturated carbocycles. The zero-order chi connectivity index (χ0) is 20.5. The lowest BCUT2D eigenvalue weighted by Crippen LogP contribution is -2.49. The molecular formula is C17H25N3O5S3. The van der Waals surface area contributed by atoms with E-state index in [2.05, 4.69) is 10.0 Å². The molecule has 1 aliphatic carbocycles. The first kappa shape index (κ1) is 21.6. The molecule has 0 radical (unpaired) electrons. The van der Waals surface area contributed by atoms with Gasteiger partial charge in [0.05, 0.1) is 15.7 Å². The van der Waals surface area contributed by atoms with Crippen LogP contribution in [0.25, 0.3) is 0 Å². The molecule has 2 unspecified atom stereocenters. The monoisotopic (exact) mass is 447 g/mol. The van der Waals surface area contributed by atoms with E-state index < -0.39 is 26.1 Å². The predicted molar refractivity (Wildman–Crippen MR) is 108 cm³/mol. The van der Waals surface area contributed by atoms with E-state index in [-0.39, 0.29) is 33.7 Å². The molecule has 1 aromatic rings. The smallest absolute Gasteiger partial charge is 0.244 e. The van der Waals surface area contributed by atoms with Crippen molar-refractivity contribution >= 4 is 37.7 Å². The number of carbonyl (C=O) groups excluding carboxylic acids is 1. The van der Waals surface area contributed by atoms with Gasteiger partial charge in [-0.15, -0.1) is 11.8 Å². The van der Waals surface area contributed by atoms with E-state index in [1.807, 2.05) is 13.8 Å². The van der Waals surface area contributed by atoms with Crippen molar-refractivity contribution in [2.75, 3.05) is 11.6 Å². The highest BCUT2D eigenvalue weighted by molar-refractivity contribution is 8.00. The maximum Gasteiger partial charge on any atom is 0.244 e. The van der Waals surface area contributed by atoms with Gasteiger partial charge >= 0.3 is 0 Å². The highest BCUT2D eigenvalue weighted by Gasteiger charge is 2.40. The lowest BCUT2D eigenvalue weighted by Gasteiger charge is -2.24. The van der Waals surface area contributed by atoms with Crippen molar-refractivity contribution in [1.82, 2.24) is 14.3 Å². The number of hydrogen-bond donors (Lipinski definition) is 2. The summed E-state index contributed by atoms with van der Waals surface area (Å²) in [5, 5.41) is 2.83. The van der Waals surface area contributed by atoms with Crippen LogP contribution in [0.1, 0.15) is 33.1 Å². The maximum absolute atomic E-state index is 13.0. The zero-order valence-corrected chi connectivity index (χ0v) is 18.2. The first-order chi connectivity index (χ1) is 13.1. The van der Waals surface area contributed by atoms with E-state index in [1.165, 1.54) is 40.3 Å². The van der Waals surface area contributed by atoms with Gasteiger partial charge in [-0.3, -0.25) is 4.79 Å². The highest BCUT2D eigenvalue weighted by atomic mass is 32.2. The minimum atomic E-state index is -3.91. The first-order valence-electron chi connectivity index (χ1n) is 9.17. The Bertz CT molecular complexity index is 927. The third-order valence-electron chi connectivity index (χ3n) is 4.79. The van der Waals surface area contributed by atoms with Crippen molar-refractivity contribution in [3.05, 3.63) is 24.3 Å². The van der Waals surface area contributed by atoms with Crippen LogP contribution < -0.4 is 10.0 Å². The Balaban J connectivity index is 1.78. The van der Waals surface area contributed by atoms with Crippen molar-refractivity contribution < 1.29 is 21.6 Å². The van der Waals surface area contributed by atoms with Crippen molar-refractivity contribution in [2.24, 2.45) is 0 Å².